The maximum atomic E-state index is 10.4. The summed E-state index contributed by atoms with van der Waals surface area (Å²) in [6.45, 7) is 4.04. The molecule has 5 heteroatoms. The Hall–Kier alpha value is -0.320. The molecule has 0 aliphatic rings. The van der Waals surface area contributed by atoms with Crippen molar-refractivity contribution in [1.82, 2.24) is 0 Å². The third kappa shape index (κ3) is 15.7. The lowest BCUT2D eigenvalue weighted by atomic mass is 10.2. The highest BCUT2D eigenvalue weighted by atomic mass is 35.5. The van der Waals surface area contributed by atoms with Gasteiger partial charge in [0.25, 0.3) is 0 Å². The summed E-state index contributed by atoms with van der Waals surface area (Å²) in [6.07, 6.45) is 4.50. The van der Waals surface area contributed by atoms with Gasteiger partial charge in [-0.25, -0.2) is 0 Å². The lowest BCUT2D eigenvalue weighted by molar-refractivity contribution is -0.142. The number of hydrogen-bond donors (Lipinski definition) is 0. The second kappa shape index (κ2) is 13.7. The molecule has 0 aliphatic heterocycles. The van der Waals surface area contributed by atoms with Crippen molar-refractivity contribution in [3.63, 3.8) is 0 Å². The molecule has 0 rings (SSSR count). The van der Waals surface area contributed by atoms with Crippen LogP contribution in [0.2, 0.25) is 0 Å². The average molecular weight is 267 g/mol. The first-order valence-corrected chi connectivity index (χ1v) is 6.65. The molecule has 0 fully saturated rings. The summed E-state index contributed by atoms with van der Waals surface area (Å²) in [6, 6.07) is 0. The molecule has 0 amide bonds. The molecule has 0 saturated carbocycles. The van der Waals surface area contributed by atoms with E-state index in [4.69, 9.17) is 25.8 Å². The molecule has 0 N–H and O–H groups in total. The fraction of sp³-hybridized carbons (Fsp3) is 0.917. The third-order valence-electron chi connectivity index (χ3n) is 2.08. The summed E-state index contributed by atoms with van der Waals surface area (Å²) in [5.74, 6) is 0.471. The highest BCUT2D eigenvalue weighted by Crippen LogP contribution is 2.00. The van der Waals surface area contributed by atoms with Crippen LogP contribution in [0.1, 0.15) is 32.6 Å². The van der Waals surface area contributed by atoms with E-state index in [-0.39, 0.29) is 5.97 Å². The van der Waals surface area contributed by atoms with E-state index in [1.165, 1.54) is 19.8 Å². The SMILES string of the molecule is CC(=O)OCCOCCOCCCCCCCl. The van der Waals surface area contributed by atoms with Gasteiger partial charge in [0.05, 0.1) is 19.8 Å². The van der Waals surface area contributed by atoms with Gasteiger partial charge in [-0.1, -0.05) is 12.8 Å². The molecule has 102 valence electrons. The van der Waals surface area contributed by atoms with E-state index in [9.17, 15) is 4.79 Å². The Labute approximate surface area is 109 Å². The summed E-state index contributed by atoms with van der Waals surface area (Å²) in [4.78, 5) is 10.4. The number of carbonyl (C=O) groups excluding carboxylic acids is 1. The highest BCUT2D eigenvalue weighted by Gasteiger charge is 1.94. The smallest absolute Gasteiger partial charge is 0.302 e. The van der Waals surface area contributed by atoms with Gasteiger partial charge in [0.15, 0.2) is 0 Å². The normalized spacial score (nSPS) is 10.5. The van der Waals surface area contributed by atoms with Crippen LogP contribution >= 0.6 is 11.6 Å². The molecule has 0 aliphatic carbocycles. The Morgan fingerprint density at radius 3 is 2.12 bits per heavy atom. The number of rotatable bonds is 12. The van der Waals surface area contributed by atoms with Crippen LogP contribution in [0.25, 0.3) is 0 Å². The van der Waals surface area contributed by atoms with E-state index in [0.29, 0.717) is 26.4 Å². The first kappa shape index (κ1) is 16.7. The lowest BCUT2D eigenvalue weighted by Gasteiger charge is -2.05. The zero-order valence-corrected chi connectivity index (χ0v) is 11.3. The van der Waals surface area contributed by atoms with E-state index < -0.39 is 0 Å². The minimum Gasteiger partial charge on any atom is -0.463 e. The van der Waals surface area contributed by atoms with Crippen molar-refractivity contribution in [2.45, 2.75) is 32.6 Å². The number of hydrogen-bond acceptors (Lipinski definition) is 4. The number of ether oxygens (including phenoxy) is 3. The Balaban J connectivity index is 2.91. The second-order valence-corrected chi connectivity index (χ2v) is 4.05. The summed E-state index contributed by atoms with van der Waals surface area (Å²) >= 11 is 5.56. The van der Waals surface area contributed by atoms with Gasteiger partial charge in [0.1, 0.15) is 6.61 Å². The zero-order chi connectivity index (χ0) is 12.8. The van der Waals surface area contributed by atoms with Gasteiger partial charge in [-0.3, -0.25) is 4.79 Å². The van der Waals surface area contributed by atoms with Crippen molar-refractivity contribution in [2.24, 2.45) is 0 Å². The number of esters is 1. The van der Waals surface area contributed by atoms with E-state index >= 15 is 0 Å². The highest BCUT2D eigenvalue weighted by molar-refractivity contribution is 6.17. The van der Waals surface area contributed by atoms with Crippen molar-refractivity contribution in [2.75, 3.05) is 38.9 Å². The van der Waals surface area contributed by atoms with Gasteiger partial charge in [-0.05, 0) is 12.8 Å². The zero-order valence-electron chi connectivity index (χ0n) is 10.6. The fourth-order valence-electron chi connectivity index (χ4n) is 1.22. The van der Waals surface area contributed by atoms with Crippen LogP contribution in [0.5, 0.6) is 0 Å². The predicted octanol–water partition coefficient (Wildman–Crippen LogP) is 2.38. The minimum absolute atomic E-state index is 0.276. The monoisotopic (exact) mass is 266 g/mol. The molecule has 0 heterocycles. The standard InChI is InChI=1S/C12H23ClO4/c1-12(14)17-11-10-16-9-8-15-7-5-3-2-4-6-13/h2-11H2,1H3. The third-order valence-corrected chi connectivity index (χ3v) is 2.34. The van der Waals surface area contributed by atoms with E-state index in [0.717, 1.165) is 25.3 Å². The van der Waals surface area contributed by atoms with Gasteiger partial charge in [0.2, 0.25) is 0 Å². The van der Waals surface area contributed by atoms with Crippen LogP contribution in [0.3, 0.4) is 0 Å². The van der Waals surface area contributed by atoms with Crippen LogP contribution in [-0.2, 0) is 19.0 Å². The molecule has 0 aromatic rings. The van der Waals surface area contributed by atoms with Crippen LogP contribution in [0.15, 0.2) is 0 Å². The lowest BCUT2D eigenvalue weighted by Crippen LogP contribution is -2.11. The number of halogens is 1. The molecule has 0 aromatic carbocycles. The van der Waals surface area contributed by atoms with Gasteiger partial charge >= 0.3 is 5.97 Å². The van der Waals surface area contributed by atoms with E-state index in [1.807, 2.05) is 0 Å². The minimum atomic E-state index is -0.276. The molecule has 0 aromatic heterocycles. The van der Waals surface area contributed by atoms with E-state index in [2.05, 4.69) is 0 Å². The summed E-state index contributed by atoms with van der Waals surface area (Å²) in [7, 11) is 0. The van der Waals surface area contributed by atoms with Gasteiger partial charge < -0.3 is 14.2 Å². The van der Waals surface area contributed by atoms with Gasteiger partial charge in [-0.2, -0.15) is 0 Å². The number of unbranched alkanes of at least 4 members (excludes halogenated alkanes) is 3. The first-order valence-electron chi connectivity index (χ1n) is 6.12. The maximum Gasteiger partial charge on any atom is 0.302 e. The molecule has 0 bridgehead atoms. The number of carbonyl (C=O) groups is 1. The molecular formula is C12H23ClO4. The summed E-state index contributed by atoms with van der Waals surface area (Å²) < 4.78 is 15.3. The molecular weight excluding hydrogens is 244 g/mol. The van der Waals surface area contributed by atoms with Crippen LogP contribution in [-0.4, -0.2) is 44.9 Å². The molecule has 4 nitrogen and oxygen atoms in total. The molecule has 17 heavy (non-hydrogen) atoms. The fourth-order valence-corrected chi connectivity index (χ4v) is 1.41. The van der Waals surface area contributed by atoms with Crippen molar-refractivity contribution < 1.29 is 19.0 Å². The predicted molar refractivity (Wildman–Crippen MR) is 67.5 cm³/mol. The van der Waals surface area contributed by atoms with Gasteiger partial charge in [-0.15, -0.1) is 11.6 Å². The topological polar surface area (TPSA) is 44.8 Å². The Morgan fingerprint density at radius 1 is 0.882 bits per heavy atom. The van der Waals surface area contributed by atoms with Crippen LogP contribution in [0.4, 0.5) is 0 Å². The van der Waals surface area contributed by atoms with Crippen molar-refractivity contribution in [3.05, 3.63) is 0 Å². The average Bonchev–Trinajstić information content (AvgIpc) is 2.30. The molecule has 0 saturated heterocycles. The largest absolute Gasteiger partial charge is 0.463 e. The Kier molecular flexibility index (Phi) is 13.5. The Morgan fingerprint density at radius 2 is 1.47 bits per heavy atom. The van der Waals surface area contributed by atoms with Crippen LogP contribution < -0.4 is 0 Å². The summed E-state index contributed by atoms with van der Waals surface area (Å²) in [5, 5.41) is 0. The quantitative estimate of drug-likeness (QED) is 0.309. The molecule has 0 unspecified atom stereocenters. The van der Waals surface area contributed by atoms with Crippen molar-refractivity contribution in [3.8, 4) is 0 Å². The second-order valence-electron chi connectivity index (χ2n) is 3.67. The molecule has 0 radical (unpaired) electrons. The van der Waals surface area contributed by atoms with Crippen molar-refractivity contribution in [1.29, 1.82) is 0 Å². The number of alkyl halides is 1. The molecule has 0 spiro atoms. The van der Waals surface area contributed by atoms with Crippen molar-refractivity contribution >= 4 is 17.6 Å². The van der Waals surface area contributed by atoms with E-state index in [1.54, 1.807) is 0 Å². The summed E-state index contributed by atoms with van der Waals surface area (Å²) in [5.41, 5.74) is 0. The maximum absolute atomic E-state index is 10.4. The van der Waals surface area contributed by atoms with Crippen LogP contribution in [0, 0.1) is 0 Å². The van der Waals surface area contributed by atoms with Gasteiger partial charge in [0, 0.05) is 19.4 Å². The Bertz CT molecular complexity index is 176. The first-order chi connectivity index (χ1) is 8.27. The molecule has 0 atom stereocenters.